The predicted molar refractivity (Wildman–Crippen MR) is 58.3 cm³/mol. The lowest BCUT2D eigenvalue weighted by molar-refractivity contribution is 0.411. The van der Waals surface area contributed by atoms with Gasteiger partial charge in [0.1, 0.15) is 5.75 Å². The number of nitrogens with two attached hydrogens (primary N) is 1. The molecule has 0 saturated carbocycles. The first kappa shape index (κ1) is 10.3. The van der Waals surface area contributed by atoms with Gasteiger partial charge in [-0.05, 0) is 40.3 Å². The van der Waals surface area contributed by atoms with Crippen LogP contribution in [0.4, 0.5) is 0 Å². The Hall–Kier alpha value is -0.800. The van der Waals surface area contributed by atoms with Crippen LogP contribution < -0.4 is 10.5 Å². The Morgan fingerprint density at radius 2 is 2.31 bits per heavy atom. The van der Waals surface area contributed by atoms with Crippen molar-refractivity contribution in [2.75, 3.05) is 7.11 Å². The van der Waals surface area contributed by atoms with Gasteiger partial charge in [0.25, 0.3) is 0 Å². The van der Waals surface area contributed by atoms with Crippen LogP contribution in [0.5, 0.6) is 5.75 Å². The molecule has 0 amide bonds. The molecule has 1 aromatic carbocycles. The first-order chi connectivity index (χ1) is 6.22. The second-order valence-corrected chi connectivity index (χ2v) is 3.55. The maximum Gasteiger partial charge on any atom is 0.133 e. The molecule has 0 fully saturated rings. The van der Waals surface area contributed by atoms with Crippen LogP contribution in [0.2, 0.25) is 0 Å². The zero-order valence-electron chi connectivity index (χ0n) is 7.17. The van der Waals surface area contributed by atoms with Gasteiger partial charge in [-0.1, -0.05) is 0 Å². The molecule has 13 heavy (non-hydrogen) atoms. The maximum absolute atomic E-state index is 8.72. The summed E-state index contributed by atoms with van der Waals surface area (Å²) < 4.78 is 6.09. The summed E-state index contributed by atoms with van der Waals surface area (Å²) in [5.74, 6) is 0.708. The number of benzene rings is 1. The summed E-state index contributed by atoms with van der Waals surface area (Å²) in [6.45, 7) is 0.421. The second kappa shape index (κ2) is 4.44. The van der Waals surface area contributed by atoms with Crippen LogP contribution in [0.3, 0.4) is 0 Å². The molecule has 0 aliphatic carbocycles. The minimum absolute atomic E-state index is 0.421. The minimum atomic E-state index is 0.421. The lowest BCUT2D eigenvalue weighted by Gasteiger charge is -2.07. The normalized spacial score (nSPS) is 9.38. The Bertz CT molecular complexity index is 332. The molecule has 0 spiro atoms. The number of methoxy groups -OCH3 is 1. The van der Waals surface area contributed by atoms with Crippen molar-refractivity contribution in [1.82, 2.24) is 0 Å². The summed E-state index contributed by atoms with van der Waals surface area (Å²) in [6, 6.07) is 5.56. The lowest BCUT2D eigenvalue weighted by Crippen LogP contribution is -2.01. The molecule has 4 heteroatoms. The summed E-state index contributed by atoms with van der Waals surface area (Å²) in [7, 11) is 1.58. The number of halogens is 1. The fourth-order valence-electron chi connectivity index (χ4n) is 1.02. The molecule has 0 unspecified atom stereocenters. The first-order valence-electron chi connectivity index (χ1n) is 3.69. The third kappa shape index (κ3) is 2.11. The monoisotopic (exact) mass is 288 g/mol. The quantitative estimate of drug-likeness (QED) is 0.841. The van der Waals surface area contributed by atoms with Crippen LogP contribution in [0.25, 0.3) is 0 Å². The van der Waals surface area contributed by atoms with Crippen molar-refractivity contribution < 1.29 is 4.74 Å². The Morgan fingerprint density at radius 1 is 1.62 bits per heavy atom. The van der Waals surface area contributed by atoms with Crippen LogP contribution in [-0.2, 0) is 6.54 Å². The van der Waals surface area contributed by atoms with Gasteiger partial charge < -0.3 is 10.5 Å². The third-order valence-corrected chi connectivity index (χ3v) is 2.91. The van der Waals surface area contributed by atoms with E-state index in [1.165, 1.54) is 0 Å². The van der Waals surface area contributed by atoms with Crippen molar-refractivity contribution in [1.29, 1.82) is 5.26 Å². The van der Waals surface area contributed by atoms with Crippen LogP contribution in [0.15, 0.2) is 12.1 Å². The van der Waals surface area contributed by atoms with E-state index < -0.39 is 0 Å². The van der Waals surface area contributed by atoms with Crippen molar-refractivity contribution >= 4 is 22.6 Å². The van der Waals surface area contributed by atoms with Crippen molar-refractivity contribution in [2.24, 2.45) is 5.73 Å². The number of hydrogen-bond donors (Lipinski definition) is 1. The molecule has 2 N–H and O–H groups in total. The number of hydrogen-bond acceptors (Lipinski definition) is 3. The Labute approximate surface area is 90.6 Å². The Kier molecular flexibility index (Phi) is 3.51. The number of ether oxygens (including phenoxy) is 1. The Morgan fingerprint density at radius 3 is 2.77 bits per heavy atom. The van der Waals surface area contributed by atoms with Crippen LogP contribution in [-0.4, -0.2) is 7.11 Å². The second-order valence-electron chi connectivity index (χ2n) is 2.47. The minimum Gasteiger partial charge on any atom is -0.496 e. The van der Waals surface area contributed by atoms with Gasteiger partial charge >= 0.3 is 0 Å². The molecule has 0 radical (unpaired) electrons. The highest BCUT2D eigenvalue weighted by Crippen LogP contribution is 2.25. The topological polar surface area (TPSA) is 59.0 Å². The molecule has 0 saturated heterocycles. The molecular formula is C9H9IN2O. The van der Waals surface area contributed by atoms with E-state index in [4.69, 9.17) is 15.7 Å². The van der Waals surface area contributed by atoms with Gasteiger partial charge in [-0.15, -0.1) is 0 Å². The summed E-state index contributed by atoms with van der Waals surface area (Å²) in [6.07, 6.45) is 0. The molecule has 0 aliphatic heterocycles. The fourth-order valence-corrected chi connectivity index (χ4v) is 1.77. The van der Waals surface area contributed by atoms with E-state index in [-0.39, 0.29) is 0 Å². The highest BCUT2D eigenvalue weighted by atomic mass is 127. The van der Waals surface area contributed by atoms with E-state index in [2.05, 4.69) is 28.7 Å². The molecule has 0 aromatic heterocycles. The summed E-state index contributed by atoms with van der Waals surface area (Å²) >= 11 is 2.16. The third-order valence-electron chi connectivity index (χ3n) is 1.68. The molecule has 68 valence electrons. The van der Waals surface area contributed by atoms with E-state index in [0.717, 1.165) is 9.13 Å². The van der Waals surface area contributed by atoms with Gasteiger partial charge in [0.05, 0.1) is 22.3 Å². The Balaban J connectivity index is 3.30. The smallest absolute Gasteiger partial charge is 0.133 e. The summed E-state index contributed by atoms with van der Waals surface area (Å²) in [5.41, 5.74) is 7.05. The summed E-state index contributed by atoms with van der Waals surface area (Å²) in [4.78, 5) is 0. The molecule has 1 rings (SSSR count). The molecule has 1 aromatic rings. The van der Waals surface area contributed by atoms with Crippen molar-refractivity contribution in [3.63, 3.8) is 0 Å². The molecule has 0 heterocycles. The van der Waals surface area contributed by atoms with E-state index in [0.29, 0.717) is 17.9 Å². The predicted octanol–water partition coefficient (Wildman–Crippen LogP) is 1.63. The zero-order chi connectivity index (χ0) is 9.84. The van der Waals surface area contributed by atoms with Gasteiger partial charge in [0, 0.05) is 6.54 Å². The lowest BCUT2D eigenvalue weighted by atomic mass is 10.1. The SMILES string of the molecule is COc1cc(C#N)cc(CN)c1I. The van der Waals surface area contributed by atoms with E-state index in [1.54, 1.807) is 19.2 Å². The molecule has 0 bridgehead atoms. The number of nitrogens with zero attached hydrogens (tertiary/aromatic N) is 1. The molecule has 3 nitrogen and oxygen atoms in total. The van der Waals surface area contributed by atoms with E-state index >= 15 is 0 Å². The van der Waals surface area contributed by atoms with E-state index in [9.17, 15) is 0 Å². The molecule has 0 atom stereocenters. The zero-order valence-corrected chi connectivity index (χ0v) is 9.33. The number of rotatable bonds is 2. The molecule has 0 aliphatic rings. The van der Waals surface area contributed by atoms with Gasteiger partial charge in [0.2, 0.25) is 0 Å². The van der Waals surface area contributed by atoms with Gasteiger partial charge in [-0.25, -0.2) is 0 Å². The standard InChI is InChI=1S/C9H9IN2O/c1-13-8-3-6(4-11)2-7(5-12)9(8)10/h2-3H,5,12H2,1H3. The fraction of sp³-hybridized carbons (Fsp3) is 0.222. The van der Waals surface area contributed by atoms with Crippen LogP contribution in [0, 0.1) is 14.9 Å². The average Bonchev–Trinajstić information content (AvgIpc) is 2.18. The van der Waals surface area contributed by atoms with Gasteiger partial charge in [0.15, 0.2) is 0 Å². The average molecular weight is 288 g/mol. The van der Waals surface area contributed by atoms with E-state index in [1.807, 2.05) is 0 Å². The largest absolute Gasteiger partial charge is 0.496 e. The van der Waals surface area contributed by atoms with Crippen molar-refractivity contribution in [3.8, 4) is 11.8 Å². The van der Waals surface area contributed by atoms with Crippen molar-refractivity contribution in [3.05, 3.63) is 26.8 Å². The van der Waals surface area contributed by atoms with Crippen LogP contribution in [0.1, 0.15) is 11.1 Å². The maximum atomic E-state index is 8.72. The van der Waals surface area contributed by atoms with Crippen LogP contribution >= 0.6 is 22.6 Å². The van der Waals surface area contributed by atoms with Crippen molar-refractivity contribution in [2.45, 2.75) is 6.54 Å². The first-order valence-corrected chi connectivity index (χ1v) is 4.77. The highest BCUT2D eigenvalue weighted by Gasteiger charge is 2.07. The number of nitriles is 1. The highest BCUT2D eigenvalue weighted by molar-refractivity contribution is 14.1. The van der Waals surface area contributed by atoms with Gasteiger partial charge in [-0.3, -0.25) is 0 Å². The van der Waals surface area contributed by atoms with Gasteiger partial charge in [-0.2, -0.15) is 5.26 Å². The molecular weight excluding hydrogens is 279 g/mol. The summed E-state index contributed by atoms with van der Waals surface area (Å²) in [5, 5.41) is 8.72.